The fourth-order valence-electron chi connectivity index (χ4n) is 0.948. The quantitative estimate of drug-likeness (QED) is 0.638. The van der Waals surface area contributed by atoms with Crippen LogP contribution in [-0.2, 0) is 11.2 Å². The minimum atomic E-state index is 0.311. The van der Waals surface area contributed by atoms with Gasteiger partial charge in [-0.1, -0.05) is 19.1 Å². The maximum Gasteiger partial charge on any atom is 0.188 e. The van der Waals surface area contributed by atoms with Crippen molar-refractivity contribution < 1.29 is 9.47 Å². The van der Waals surface area contributed by atoms with E-state index in [1.54, 1.807) is 7.11 Å². The van der Waals surface area contributed by atoms with E-state index in [2.05, 4.69) is 19.1 Å². The monoisotopic (exact) mass is 166 g/mol. The van der Waals surface area contributed by atoms with Crippen LogP contribution >= 0.6 is 0 Å². The van der Waals surface area contributed by atoms with Crippen LogP contribution in [0.3, 0.4) is 0 Å². The lowest BCUT2D eigenvalue weighted by atomic mass is 10.2. The van der Waals surface area contributed by atoms with Crippen LogP contribution in [0.15, 0.2) is 24.3 Å². The van der Waals surface area contributed by atoms with Crippen LogP contribution < -0.4 is 4.74 Å². The van der Waals surface area contributed by atoms with Crippen molar-refractivity contribution in [3.8, 4) is 5.75 Å². The molecule has 0 spiro atoms. The fraction of sp³-hybridized carbons (Fsp3) is 0.400. The van der Waals surface area contributed by atoms with Gasteiger partial charge in [-0.2, -0.15) is 0 Å². The number of methoxy groups -OCH3 is 1. The molecule has 0 radical (unpaired) electrons. The molecule has 2 heteroatoms. The molecule has 0 heterocycles. The molecule has 0 aliphatic rings. The third-order valence-corrected chi connectivity index (χ3v) is 1.68. The molecule has 0 saturated heterocycles. The Labute approximate surface area is 73.1 Å². The molecule has 0 fully saturated rings. The standard InChI is InChI=1S/C10H14O2/c1-3-9-4-6-10(7-5-9)12-8-11-2/h4-7H,3,8H2,1-2H3. The van der Waals surface area contributed by atoms with Crippen LogP contribution in [0.5, 0.6) is 5.75 Å². The van der Waals surface area contributed by atoms with Gasteiger partial charge in [-0.05, 0) is 24.1 Å². The number of aryl methyl sites for hydroxylation is 1. The largest absolute Gasteiger partial charge is 0.468 e. The van der Waals surface area contributed by atoms with Gasteiger partial charge in [0.05, 0.1) is 0 Å². The smallest absolute Gasteiger partial charge is 0.188 e. The molecule has 12 heavy (non-hydrogen) atoms. The highest BCUT2D eigenvalue weighted by Gasteiger charge is 1.92. The van der Waals surface area contributed by atoms with Gasteiger partial charge in [-0.25, -0.2) is 0 Å². The zero-order valence-corrected chi connectivity index (χ0v) is 7.54. The maximum atomic E-state index is 5.23. The Morgan fingerprint density at radius 2 is 1.83 bits per heavy atom. The molecule has 1 aromatic rings. The topological polar surface area (TPSA) is 18.5 Å². The molecule has 0 bridgehead atoms. The predicted octanol–water partition coefficient (Wildman–Crippen LogP) is 2.23. The first kappa shape index (κ1) is 9.07. The number of hydrogen-bond acceptors (Lipinski definition) is 2. The molecule has 0 saturated carbocycles. The van der Waals surface area contributed by atoms with Crippen molar-refractivity contribution in [1.82, 2.24) is 0 Å². The molecule has 0 aromatic heterocycles. The minimum absolute atomic E-state index is 0.311. The van der Waals surface area contributed by atoms with Gasteiger partial charge in [0, 0.05) is 7.11 Å². The van der Waals surface area contributed by atoms with Gasteiger partial charge < -0.3 is 9.47 Å². The van der Waals surface area contributed by atoms with Crippen LogP contribution in [0.4, 0.5) is 0 Å². The normalized spacial score (nSPS) is 9.83. The molecular formula is C10H14O2. The summed E-state index contributed by atoms with van der Waals surface area (Å²) in [6, 6.07) is 8.03. The molecular weight excluding hydrogens is 152 g/mol. The molecule has 0 amide bonds. The molecule has 0 N–H and O–H groups in total. The average Bonchev–Trinajstić information content (AvgIpc) is 2.15. The predicted molar refractivity (Wildman–Crippen MR) is 48.3 cm³/mol. The summed E-state index contributed by atoms with van der Waals surface area (Å²) in [6.07, 6.45) is 1.06. The lowest BCUT2D eigenvalue weighted by molar-refractivity contribution is 0.0511. The number of rotatable bonds is 4. The van der Waals surface area contributed by atoms with Crippen LogP contribution in [0.25, 0.3) is 0 Å². The lowest BCUT2D eigenvalue weighted by Gasteiger charge is -2.04. The van der Waals surface area contributed by atoms with Gasteiger partial charge in [-0.3, -0.25) is 0 Å². The zero-order valence-electron chi connectivity index (χ0n) is 7.54. The molecule has 1 rings (SSSR count). The van der Waals surface area contributed by atoms with Gasteiger partial charge in [0.1, 0.15) is 5.75 Å². The van der Waals surface area contributed by atoms with E-state index in [0.717, 1.165) is 12.2 Å². The highest BCUT2D eigenvalue weighted by Crippen LogP contribution is 2.11. The third kappa shape index (κ3) is 2.55. The first-order valence-electron chi connectivity index (χ1n) is 4.07. The SMILES string of the molecule is CCc1ccc(OCOC)cc1. The highest BCUT2D eigenvalue weighted by atomic mass is 16.7. The van der Waals surface area contributed by atoms with E-state index in [0.29, 0.717) is 6.79 Å². The second-order valence-electron chi connectivity index (χ2n) is 2.55. The summed E-state index contributed by atoms with van der Waals surface area (Å²) < 4.78 is 10.0. The summed E-state index contributed by atoms with van der Waals surface area (Å²) in [5.74, 6) is 0.856. The van der Waals surface area contributed by atoms with Gasteiger partial charge in [0.2, 0.25) is 0 Å². The Balaban J connectivity index is 2.53. The molecule has 2 nitrogen and oxygen atoms in total. The van der Waals surface area contributed by atoms with Crippen molar-refractivity contribution in [3.63, 3.8) is 0 Å². The Kier molecular flexibility index (Phi) is 3.61. The summed E-state index contributed by atoms with van der Waals surface area (Å²) in [5.41, 5.74) is 1.32. The van der Waals surface area contributed by atoms with Crippen molar-refractivity contribution in [2.24, 2.45) is 0 Å². The Morgan fingerprint density at radius 1 is 1.17 bits per heavy atom. The fourth-order valence-corrected chi connectivity index (χ4v) is 0.948. The van der Waals surface area contributed by atoms with Crippen molar-refractivity contribution in [2.75, 3.05) is 13.9 Å². The van der Waals surface area contributed by atoms with E-state index in [-0.39, 0.29) is 0 Å². The molecule has 0 aliphatic carbocycles. The van der Waals surface area contributed by atoms with E-state index in [1.807, 2.05) is 12.1 Å². The number of benzene rings is 1. The van der Waals surface area contributed by atoms with Crippen LogP contribution in [-0.4, -0.2) is 13.9 Å². The number of ether oxygens (including phenoxy) is 2. The molecule has 66 valence electrons. The minimum Gasteiger partial charge on any atom is -0.468 e. The van der Waals surface area contributed by atoms with Gasteiger partial charge in [0.25, 0.3) is 0 Å². The maximum absolute atomic E-state index is 5.23. The zero-order chi connectivity index (χ0) is 8.81. The molecule has 1 aromatic carbocycles. The third-order valence-electron chi connectivity index (χ3n) is 1.68. The molecule has 0 unspecified atom stereocenters. The van der Waals surface area contributed by atoms with Crippen molar-refractivity contribution in [2.45, 2.75) is 13.3 Å². The van der Waals surface area contributed by atoms with E-state index >= 15 is 0 Å². The van der Waals surface area contributed by atoms with E-state index in [1.165, 1.54) is 5.56 Å². The Bertz CT molecular complexity index is 216. The van der Waals surface area contributed by atoms with E-state index < -0.39 is 0 Å². The van der Waals surface area contributed by atoms with E-state index in [9.17, 15) is 0 Å². The first-order chi connectivity index (χ1) is 5.86. The molecule has 0 aliphatic heterocycles. The van der Waals surface area contributed by atoms with Crippen molar-refractivity contribution in [3.05, 3.63) is 29.8 Å². The lowest BCUT2D eigenvalue weighted by Crippen LogP contribution is -1.98. The van der Waals surface area contributed by atoms with E-state index in [4.69, 9.17) is 9.47 Å². The highest BCUT2D eigenvalue weighted by molar-refractivity contribution is 5.26. The van der Waals surface area contributed by atoms with Crippen LogP contribution in [0.2, 0.25) is 0 Å². The summed E-state index contributed by atoms with van der Waals surface area (Å²) in [5, 5.41) is 0. The summed E-state index contributed by atoms with van der Waals surface area (Å²) >= 11 is 0. The summed E-state index contributed by atoms with van der Waals surface area (Å²) in [4.78, 5) is 0. The summed E-state index contributed by atoms with van der Waals surface area (Å²) in [7, 11) is 1.61. The number of hydrogen-bond donors (Lipinski definition) is 0. The second kappa shape index (κ2) is 4.78. The first-order valence-corrected chi connectivity index (χ1v) is 4.07. The average molecular weight is 166 g/mol. The van der Waals surface area contributed by atoms with Crippen molar-refractivity contribution >= 4 is 0 Å². The second-order valence-corrected chi connectivity index (χ2v) is 2.55. The molecule has 0 atom stereocenters. The van der Waals surface area contributed by atoms with Gasteiger partial charge in [0.15, 0.2) is 6.79 Å². The van der Waals surface area contributed by atoms with Crippen molar-refractivity contribution in [1.29, 1.82) is 0 Å². The van der Waals surface area contributed by atoms with Crippen LogP contribution in [0, 0.1) is 0 Å². The van der Waals surface area contributed by atoms with Crippen LogP contribution in [0.1, 0.15) is 12.5 Å². The van der Waals surface area contributed by atoms with Gasteiger partial charge in [-0.15, -0.1) is 0 Å². The summed E-state index contributed by atoms with van der Waals surface area (Å²) in [6.45, 7) is 2.44. The Morgan fingerprint density at radius 3 is 2.33 bits per heavy atom. The van der Waals surface area contributed by atoms with Gasteiger partial charge >= 0.3 is 0 Å². The Hall–Kier alpha value is -1.02.